The summed E-state index contributed by atoms with van der Waals surface area (Å²) in [5, 5.41) is 2.74. The maximum atomic E-state index is 12.1. The Balaban J connectivity index is 0.000000240. The van der Waals surface area contributed by atoms with Gasteiger partial charge in [0, 0.05) is 18.5 Å². The summed E-state index contributed by atoms with van der Waals surface area (Å²) in [7, 11) is 0. The Morgan fingerprint density at radius 2 is 1.95 bits per heavy atom. The number of nitrogens with one attached hydrogen (secondary N) is 1. The van der Waals surface area contributed by atoms with Crippen LogP contribution in [0.1, 0.15) is 35.2 Å². The fourth-order valence-electron chi connectivity index (χ4n) is 1.58. The van der Waals surface area contributed by atoms with Crippen LogP contribution in [-0.2, 0) is 11.0 Å². The molecule has 2 rings (SSSR count). The van der Waals surface area contributed by atoms with E-state index in [2.05, 4.69) is 5.32 Å². The van der Waals surface area contributed by atoms with Crippen molar-refractivity contribution in [3.63, 3.8) is 0 Å². The molecule has 20 heavy (non-hydrogen) atoms. The fraction of sp³-hybridized carbons (Fsp3) is 0.385. The number of halogens is 3. The monoisotopic (exact) mass is 288 g/mol. The van der Waals surface area contributed by atoms with Crippen molar-refractivity contribution >= 4 is 11.8 Å². The van der Waals surface area contributed by atoms with Crippen molar-refractivity contribution in [2.24, 2.45) is 5.73 Å². The number of piperidine rings is 1. The van der Waals surface area contributed by atoms with Crippen LogP contribution in [0.25, 0.3) is 0 Å². The van der Waals surface area contributed by atoms with Crippen molar-refractivity contribution in [2.75, 3.05) is 6.54 Å². The number of rotatable bonds is 1. The maximum absolute atomic E-state index is 12.1. The average Bonchev–Trinajstić information content (AvgIpc) is 2.39. The highest BCUT2D eigenvalue weighted by atomic mass is 19.4. The molecule has 1 heterocycles. The summed E-state index contributed by atoms with van der Waals surface area (Å²) in [4.78, 5) is 20.9. The number of alkyl halides is 3. The van der Waals surface area contributed by atoms with Crippen molar-refractivity contribution in [1.29, 1.82) is 0 Å². The highest BCUT2D eigenvalue weighted by molar-refractivity contribution is 5.92. The number of benzene rings is 1. The number of amides is 2. The summed E-state index contributed by atoms with van der Waals surface area (Å²) in [6.45, 7) is 0.888. The van der Waals surface area contributed by atoms with Gasteiger partial charge in [0.1, 0.15) is 0 Å². The number of carbonyl (C=O) groups excluding carboxylic acids is 2. The lowest BCUT2D eigenvalue weighted by atomic mass is 10.1. The molecule has 1 aromatic rings. The highest BCUT2D eigenvalue weighted by Gasteiger charge is 2.30. The van der Waals surface area contributed by atoms with Gasteiger partial charge in [-0.05, 0) is 31.0 Å². The van der Waals surface area contributed by atoms with Gasteiger partial charge in [-0.25, -0.2) is 0 Å². The summed E-state index contributed by atoms with van der Waals surface area (Å²) in [6, 6.07) is 3.98. The lowest BCUT2D eigenvalue weighted by molar-refractivity contribution is -0.137. The van der Waals surface area contributed by atoms with E-state index in [0.29, 0.717) is 0 Å². The molecule has 7 heteroatoms. The summed E-state index contributed by atoms with van der Waals surface area (Å²) in [5.41, 5.74) is 3.80. The van der Waals surface area contributed by atoms with E-state index in [0.717, 1.165) is 44.0 Å². The van der Waals surface area contributed by atoms with Crippen molar-refractivity contribution in [2.45, 2.75) is 25.4 Å². The summed E-state index contributed by atoms with van der Waals surface area (Å²) >= 11 is 0. The Bertz CT molecular complexity index is 479. The van der Waals surface area contributed by atoms with Crippen molar-refractivity contribution < 1.29 is 22.8 Å². The molecule has 0 atom stereocenters. The highest BCUT2D eigenvalue weighted by Crippen LogP contribution is 2.29. The minimum Gasteiger partial charge on any atom is -0.366 e. The normalized spacial score (nSPS) is 14.8. The zero-order valence-electron chi connectivity index (χ0n) is 10.7. The third-order valence-corrected chi connectivity index (χ3v) is 2.63. The van der Waals surface area contributed by atoms with E-state index in [-0.39, 0.29) is 11.5 Å². The Labute approximate surface area is 114 Å². The molecule has 0 spiro atoms. The standard InChI is InChI=1S/C8H6F3NO.C5H9NO/c9-8(10,11)6-3-1-2-5(4-6)7(12)13;7-5-3-1-2-4-6-5/h1-4H,(H2,12,13);1-4H2,(H,6,7). The van der Waals surface area contributed by atoms with Crippen LogP contribution in [-0.4, -0.2) is 18.4 Å². The van der Waals surface area contributed by atoms with Gasteiger partial charge in [-0.2, -0.15) is 13.2 Å². The molecule has 4 nitrogen and oxygen atoms in total. The summed E-state index contributed by atoms with van der Waals surface area (Å²) in [6.07, 6.45) is -1.47. The molecular formula is C13H15F3N2O2. The Morgan fingerprint density at radius 3 is 2.35 bits per heavy atom. The molecular weight excluding hydrogens is 273 g/mol. The molecule has 0 saturated carbocycles. The van der Waals surface area contributed by atoms with E-state index in [4.69, 9.17) is 5.73 Å². The Morgan fingerprint density at radius 1 is 1.25 bits per heavy atom. The van der Waals surface area contributed by atoms with Crippen molar-refractivity contribution in [1.82, 2.24) is 5.32 Å². The molecule has 1 fully saturated rings. The molecule has 1 saturated heterocycles. The van der Waals surface area contributed by atoms with Crippen LogP contribution in [0.5, 0.6) is 0 Å². The van der Waals surface area contributed by atoms with Crippen LogP contribution in [0.15, 0.2) is 24.3 Å². The van der Waals surface area contributed by atoms with Gasteiger partial charge in [-0.3, -0.25) is 9.59 Å². The molecule has 0 aliphatic carbocycles. The predicted molar refractivity (Wildman–Crippen MR) is 66.8 cm³/mol. The molecule has 0 unspecified atom stereocenters. The van der Waals surface area contributed by atoms with Crippen LogP contribution in [0.2, 0.25) is 0 Å². The van der Waals surface area contributed by atoms with E-state index in [9.17, 15) is 22.8 Å². The SMILES string of the molecule is NC(=O)c1cccc(C(F)(F)F)c1.O=C1CCCCN1. The van der Waals surface area contributed by atoms with Gasteiger partial charge in [0.15, 0.2) is 0 Å². The third-order valence-electron chi connectivity index (χ3n) is 2.63. The minimum absolute atomic E-state index is 0.144. The molecule has 110 valence electrons. The fourth-order valence-corrected chi connectivity index (χ4v) is 1.58. The smallest absolute Gasteiger partial charge is 0.366 e. The molecule has 1 aliphatic rings. The number of primary amides is 1. The van der Waals surface area contributed by atoms with Gasteiger partial charge in [-0.15, -0.1) is 0 Å². The molecule has 1 aliphatic heterocycles. The minimum atomic E-state index is -4.44. The van der Waals surface area contributed by atoms with Gasteiger partial charge in [-0.1, -0.05) is 6.07 Å². The average molecular weight is 288 g/mol. The maximum Gasteiger partial charge on any atom is 0.416 e. The second-order valence-electron chi connectivity index (χ2n) is 4.25. The second-order valence-corrected chi connectivity index (χ2v) is 4.25. The second kappa shape index (κ2) is 6.93. The Hall–Kier alpha value is -2.05. The number of nitrogens with two attached hydrogens (primary N) is 1. The molecule has 2 amide bonds. The largest absolute Gasteiger partial charge is 0.416 e. The van der Waals surface area contributed by atoms with E-state index >= 15 is 0 Å². The van der Waals surface area contributed by atoms with Gasteiger partial charge in [0.2, 0.25) is 11.8 Å². The number of hydrogen-bond acceptors (Lipinski definition) is 2. The first-order valence-electron chi connectivity index (χ1n) is 6.04. The molecule has 0 aromatic heterocycles. The Kier molecular flexibility index (Phi) is 5.54. The molecule has 1 aromatic carbocycles. The van der Waals surface area contributed by atoms with Crippen LogP contribution in [0, 0.1) is 0 Å². The first-order chi connectivity index (χ1) is 9.30. The summed E-state index contributed by atoms with van der Waals surface area (Å²) < 4.78 is 36.2. The first kappa shape index (κ1) is 16.0. The van der Waals surface area contributed by atoms with E-state index in [1.54, 1.807) is 0 Å². The topological polar surface area (TPSA) is 72.2 Å². The van der Waals surface area contributed by atoms with Crippen molar-refractivity contribution in [3.05, 3.63) is 35.4 Å². The van der Waals surface area contributed by atoms with Crippen LogP contribution in [0.4, 0.5) is 13.2 Å². The lowest BCUT2D eigenvalue weighted by Crippen LogP contribution is -2.28. The van der Waals surface area contributed by atoms with Crippen molar-refractivity contribution in [3.8, 4) is 0 Å². The van der Waals surface area contributed by atoms with E-state index in [1.807, 2.05) is 0 Å². The molecule has 0 radical (unpaired) electrons. The van der Waals surface area contributed by atoms with E-state index < -0.39 is 17.6 Å². The van der Waals surface area contributed by atoms with Gasteiger partial charge >= 0.3 is 6.18 Å². The lowest BCUT2D eigenvalue weighted by Gasteiger charge is -2.08. The molecule has 0 bridgehead atoms. The zero-order valence-corrected chi connectivity index (χ0v) is 10.7. The van der Waals surface area contributed by atoms with Gasteiger partial charge < -0.3 is 11.1 Å². The van der Waals surface area contributed by atoms with Gasteiger partial charge in [0.25, 0.3) is 0 Å². The number of hydrogen-bond donors (Lipinski definition) is 2. The summed E-state index contributed by atoms with van der Waals surface area (Å²) in [5.74, 6) is -0.655. The molecule has 3 N–H and O–H groups in total. The van der Waals surface area contributed by atoms with Crippen LogP contribution >= 0.6 is 0 Å². The first-order valence-corrected chi connectivity index (χ1v) is 6.04. The van der Waals surface area contributed by atoms with Gasteiger partial charge in [0.05, 0.1) is 5.56 Å². The van der Waals surface area contributed by atoms with E-state index in [1.165, 1.54) is 6.07 Å². The quantitative estimate of drug-likeness (QED) is 0.830. The zero-order chi connectivity index (χ0) is 15.2. The number of carbonyl (C=O) groups is 2. The predicted octanol–water partition coefficient (Wildman–Crippen LogP) is 2.09. The van der Waals surface area contributed by atoms with Crippen LogP contribution in [0.3, 0.4) is 0 Å². The third kappa shape index (κ3) is 5.29. The van der Waals surface area contributed by atoms with Crippen LogP contribution < -0.4 is 11.1 Å².